The highest BCUT2D eigenvalue weighted by molar-refractivity contribution is 7.25. The smallest absolute Gasteiger partial charge is 0.159 e. The number of thiophene rings is 1. The van der Waals surface area contributed by atoms with Crippen molar-refractivity contribution in [3.63, 3.8) is 0 Å². The topological polar surface area (TPSA) is 49.9 Å². The van der Waals surface area contributed by atoms with Crippen LogP contribution in [0.4, 0.5) is 0 Å². The van der Waals surface area contributed by atoms with Crippen LogP contribution in [0.1, 0.15) is 22.9 Å². The van der Waals surface area contributed by atoms with Crippen LogP contribution >= 0.6 is 11.3 Å². The van der Waals surface area contributed by atoms with E-state index in [-0.39, 0.29) is 0 Å². The molecule has 2 aromatic heterocycles. The van der Waals surface area contributed by atoms with E-state index in [1.54, 1.807) is 0 Å². The standard InChI is InChI=1S/C51H31N3OS/c1-2-12-30(13-3-1)49-52-50(34-22-23-47-41(26-34)39-20-10-11-21-46(39)56-47)54-51(53-49)43-27-35(40-25-33-16-6-7-17-36(33)37-18-8-9-19-38(37)40)29-45-48(43)42-24-31-14-4-5-15-32(31)28-44(42)55-45/h1-29,51H,(H,52,53,54). The highest BCUT2D eigenvalue weighted by Crippen LogP contribution is 2.43. The second kappa shape index (κ2) is 12.2. The minimum atomic E-state index is -0.464. The van der Waals surface area contributed by atoms with E-state index in [1.807, 2.05) is 17.4 Å². The molecule has 0 fully saturated rings. The predicted molar refractivity (Wildman–Crippen MR) is 236 cm³/mol. The third-order valence-electron chi connectivity index (χ3n) is 11.3. The molecule has 0 radical (unpaired) electrons. The maximum absolute atomic E-state index is 6.85. The molecule has 1 unspecified atom stereocenters. The molecule has 11 aromatic rings. The minimum Gasteiger partial charge on any atom is -0.456 e. The van der Waals surface area contributed by atoms with Crippen molar-refractivity contribution in [1.82, 2.24) is 5.32 Å². The Morgan fingerprint density at radius 2 is 1.16 bits per heavy atom. The molecule has 1 aliphatic rings. The van der Waals surface area contributed by atoms with Crippen LogP contribution in [0.3, 0.4) is 0 Å². The quantitative estimate of drug-likeness (QED) is 0.183. The molecule has 56 heavy (non-hydrogen) atoms. The van der Waals surface area contributed by atoms with Crippen molar-refractivity contribution in [2.75, 3.05) is 0 Å². The average molecular weight is 734 g/mol. The lowest BCUT2D eigenvalue weighted by Crippen LogP contribution is -2.33. The van der Waals surface area contributed by atoms with Gasteiger partial charge in [0.25, 0.3) is 0 Å². The first kappa shape index (κ1) is 31.3. The Bertz CT molecular complexity index is 3460. The maximum Gasteiger partial charge on any atom is 0.159 e. The van der Waals surface area contributed by atoms with Crippen molar-refractivity contribution < 1.29 is 4.42 Å². The molecule has 12 rings (SSSR count). The van der Waals surface area contributed by atoms with Crippen LogP contribution in [-0.2, 0) is 0 Å². The molecule has 1 atom stereocenters. The summed E-state index contributed by atoms with van der Waals surface area (Å²) >= 11 is 1.82. The van der Waals surface area contributed by atoms with Crippen LogP contribution in [0.2, 0.25) is 0 Å². The van der Waals surface area contributed by atoms with E-state index < -0.39 is 6.17 Å². The molecule has 9 aromatic carbocycles. The third-order valence-corrected chi connectivity index (χ3v) is 12.4. The van der Waals surface area contributed by atoms with Gasteiger partial charge in [0.05, 0.1) is 0 Å². The van der Waals surface area contributed by atoms with E-state index in [0.717, 1.165) is 61.0 Å². The lowest BCUT2D eigenvalue weighted by Gasteiger charge is -2.25. The highest BCUT2D eigenvalue weighted by Gasteiger charge is 2.26. The van der Waals surface area contributed by atoms with Crippen LogP contribution in [0.15, 0.2) is 190 Å². The summed E-state index contributed by atoms with van der Waals surface area (Å²) in [5.41, 5.74) is 6.93. The first-order chi connectivity index (χ1) is 27.7. The van der Waals surface area contributed by atoms with Crippen LogP contribution in [-0.4, -0.2) is 11.7 Å². The molecule has 3 heterocycles. The zero-order valence-corrected chi connectivity index (χ0v) is 30.8. The number of fused-ring (bicyclic) bond motifs is 10. The second-order valence-electron chi connectivity index (χ2n) is 14.6. The van der Waals surface area contributed by atoms with E-state index in [2.05, 4.69) is 175 Å². The minimum absolute atomic E-state index is 0.464. The van der Waals surface area contributed by atoms with Gasteiger partial charge in [-0.2, -0.15) is 0 Å². The van der Waals surface area contributed by atoms with Crippen LogP contribution < -0.4 is 5.32 Å². The number of nitrogens with one attached hydrogen (secondary N) is 1. The van der Waals surface area contributed by atoms with Crippen LogP contribution in [0, 0.1) is 0 Å². The van der Waals surface area contributed by atoms with Gasteiger partial charge in [-0.05, 0) is 98.0 Å². The van der Waals surface area contributed by atoms with Gasteiger partial charge in [-0.1, -0.05) is 121 Å². The van der Waals surface area contributed by atoms with E-state index in [4.69, 9.17) is 14.4 Å². The summed E-state index contributed by atoms with van der Waals surface area (Å²) in [6.45, 7) is 0. The number of hydrogen-bond acceptors (Lipinski definition) is 5. The van der Waals surface area contributed by atoms with Gasteiger partial charge in [0.1, 0.15) is 23.2 Å². The molecule has 1 aliphatic heterocycles. The molecule has 0 bridgehead atoms. The molecule has 4 nitrogen and oxygen atoms in total. The first-order valence-electron chi connectivity index (χ1n) is 18.9. The molecule has 0 amide bonds. The average Bonchev–Trinajstić information content (AvgIpc) is 3.82. The lowest BCUT2D eigenvalue weighted by atomic mass is 9.91. The van der Waals surface area contributed by atoms with Crippen molar-refractivity contribution in [3.05, 3.63) is 193 Å². The maximum atomic E-state index is 6.85. The van der Waals surface area contributed by atoms with Gasteiger partial charge >= 0.3 is 0 Å². The zero-order valence-electron chi connectivity index (χ0n) is 30.0. The van der Waals surface area contributed by atoms with Crippen molar-refractivity contribution in [2.45, 2.75) is 6.17 Å². The number of aliphatic imine (C=N–C) groups is 2. The molecular weight excluding hydrogens is 703 g/mol. The number of furan rings is 1. The molecule has 0 aliphatic carbocycles. The largest absolute Gasteiger partial charge is 0.456 e. The van der Waals surface area contributed by atoms with Gasteiger partial charge in [0, 0.05) is 47.6 Å². The molecule has 262 valence electrons. The van der Waals surface area contributed by atoms with Gasteiger partial charge in [-0.25, -0.2) is 9.98 Å². The Morgan fingerprint density at radius 3 is 2.02 bits per heavy atom. The van der Waals surface area contributed by atoms with Gasteiger partial charge in [0.15, 0.2) is 5.84 Å². The van der Waals surface area contributed by atoms with E-state index in [9.17, 15) is 0 Å². The number of hydrogen-bond donors (Lipinski definition) is 1. The van der Waals surface area contributed by atoms with Crippen molar-refractivity contribution in [3.8, 4) is 11.1 Å². The summed E-state index contributed by atoms with van der Waals surface area (Å²) in [6.07, 6.45) is -0.464. The molecular formula is C51H31N3OS. The van der Waals surface area contributed by atoms with Crippen LogP contribution in [0.25, 0.3) is 85.6 Å². The Morgan fingerprint density at radius 1 is 0.464 bits per heavy atom. The summed E-state index contributed by atoms with van der Waals surface area (Å²) in [6, 6.07) is 62.7. The van der Waals surface area contributed by atoms with E-state index in [0.29, 0.717) is 5.84 Å². The fourth-order valence-electron chi connectivity index (χ4n) is 8.63. The molecule has 0 saturated heterocycles. The highest BCUT2D eigenvalue weighted by atomic mass is 32.1. The number of benzene rings is 9. The lowest BCUT2D eigenvalue weighted by molar-refractivity contribution is 0.663. The molecule has 5 heteroatoms. The third kappa shape index (κ3) is 4.91. The summed E-state index contributed by atoms with van der Waals surface area (Å²) < 4.78 is 9.38. The van der Waals surface area contributed by atoms with Gasteiger partial charge < -0.3 is 9.73 Å². The Balaban J connectivity index is 1.14. The molecule has 0 spiro atoms. The Hall–Kier alpha value is -7.08. The molecule has 0 saturated carbocycles. The number of nitrogens with zero attached hydrogens (tertiary/aromatic N) is 2. The SMILES string of the molecule is c1ccc(C2=NC(c3ccc4sc5ccccc5c4c3)=NC(c3cc(-c4cc5ccccc5c5ccccc45)cc4oc5cc6ccccc6cc5c34)N2)cc1. The van der Waals surface area contributed by atoms with Gasteiger partial charge in [-0.3, -0.25) is 0 Å². The fourth-order valence-corrected chi connectivity index (χ4v) is 9.72. The normalized spacial score (nSPS) is 14.6. The van der Waals surface area contributed by atoms with Crippen molar-refractivity contribution in [1.29, 1.82) is 0 Å². The van der Waals surface area contributed by atoms with Gasteiger partial charge in [-0.15, -0.1) is 11.3 Å². The predicted octanol–water partition coefficient (Wildman–Crippen LogP) is 13.6. The second-order valence-corrected chi connectivity index (χ2v) is 15.6. The van der Waals surface area contributed by atoms with E-state index >= 15 is 0 Å². The summed E-state index contributed by atoms with van der Waals surface area (Å²) in [5, 5.41) is 15.6. The van der Waals surface area contributed by atoms with Crippen LogP contribution in [0.5, 0.6) is 0 Å². The first-order valence-corrected chi connectivity index (χ1v) is 19.7. The molecule has 1 N–H and O–H groups in total. The summed E-state index contributed by atoms with van der Waals surface area (Å²) in [4.78, 5) is 10.7. The summed E-state index contributed by atoms with van der Waals surface area (Å²) in [7, 11) is 0. The number of rotatable bonds is 4. The monoisotopic (exact) mass is 733 g/mol. The Kier molecular flexibility index (Phi) is 6.83. The van der Waals surface area contributed by atoms with Gasteiger partial charge in [0.2, 0.25) is 0 Å². The van der Waals surface area contributed by atoms with Crippen molar-refractivity contribution >= 4 is 97.4 Å². The number of amidine groups is 2. The van der Waals surface area contributed by atoms with Crippen molar-refractivity contribution in [2.24, 2.45) is 9.98 Å². The van der Waals surface area contributed by atoms with E-state index in [1.165, 1.54) is 47.1 Å². The fraction of sp³-hybridized carbons (Fsp3) is 0.0196. The Labute approximate surface area is 325 Å². The zero-order chi connectivity index (χ0) is 36.7. The summed E-state index contributed by atoms with van der Waals surface area (Å²) in [5.74, 6) is 1.47.